The molecule has 0 amide bonds. The van der Waals surface area contributed by atoms with E-state index in [4.69, 9.17) is 5.26 Å². The Balaban J connectivity index is 3.49. The Morgan fingerprint density at radius 1 is 1.48 bits per heavy atom. The fraction of sp³-hybridized carbons (Fsp3) is 0.273. The van der Waals surface area contributed by atoms with E-state index in [2.05, 4.69) is 9.47 Å². The molecule has 0 aliphatic rings. The third-order valence-electron chi connectivity index (χ3n) is 2.14. The van der Waals surface area contributed by atoms with E-state index in [1.807, 2.05) is 0 Å². The Morgan fingerprint density at radius 2 is 2.10 bits per heavy atom. The van der Waals surface area contributed by atoms with Gasteiger partial charge in [-0.15, -0.1) is 13.2 Å². The van der Waals surface area contributed by atoms with Gasteiger partial charge in [-0.25, -0.2) is 4.79 Å². The summed E-state index contributed by atoms with van der Waals surface area (Å²) in [5.74, 6) is -2.30. The Labute approximate surface area is 115 Å². The monoisotopic (exact) mass is 304 g/mol. The summed E-state index contributed by atoms with van der Waals surface area (Å²) < 4.78 is 44.9. The predicted octanol–water partition coefficient (Wildman–Crippen LogP) is 2.54. The van der Waals surface area contributed by atoms with Crippen molar-refractivity contribution in [1.29, 1.82) is 5.26 Å². The van der Waals surface area contributed by atoms with Gasteiger partial charge in [-0.1, -0.05) is 0 Å². The van der Waals surface area contributed by atoms with E-state index in [1.165, 1.54) is 13.0 Å². The number of halogens is 3. The molecule has 1 aromatic carbocycles. The van der Waals surface area contributed by atoms with Crippen LogP contribution in [-0.2, 0) is 4.74 Å². The largest absolute Gasteiger partial charge is 0.573 e. The lowest BCUT2D eigenvalue weighted by Crippen LogP contribution is -2.20. The number of nitro groups is 1. The first-order chi connectivity index (χ1) is 9.69. The number of benzene rings is 1. The van der Waals surface area contributed by atoms with Crippen LogP contribution in [0.2, 0.25) is 0 Å². The van der Waals surface area contributed by atoms with Crippen molar-refractivity contribution in [1.82, 2.24) is 0 Å². The molecule has 0 spiro atoms. The summed E-state index contributed by atoms with van der Waals surface area (Å²) in [6.07, 6.45) is -5.16. The maximum Gasteiger partial charge on any atom is 0.573 e. The number of hydrogen-bond acceptors (Lipinski definition) is 6. The van der Waals surface area contributed by atoms with Crippen LogP contribution in [0.25, 0.3) is 0 Å². The van der Waals surface area contributed by atoms with Gasteiger partial charge in [0.1, 0.15) is 17.2 Å². The number of esters is 1. The summed E-state index contributed by atoms with van der Waals surface area (Å²) in [6.45, 7) is 1.28. The number of nitrogens with zero attached hydrogens (tertiary/aromatic N) is 2. The average Bonchev–Trinajstić information content (AvgIpc) is 2.36. The van der Waals surface area contributed by atoms with Crippen molar-refractivity contribution < 1.29 is 32.4 Å². The molecule has 0 aliphatic heterocycles. The van der Waals surface area contributed by atoms with E-state index < -0.39 is 39.8 Å². The minimum absolute atomic E-state index is 0.136. The molecular formula is C11H7F3N2O5. The molecule has 7 nitrogen and oxygen atoms in total. The molecular weight excluding hydrogens is 297 g/mol. The van der Waals surface area contributed by atoms with Crippen molar-refractivity contribution in [3.8, 4) is 11.8 Å². The summed E-state index contributed by atoms with van der Waals surface area (Å²) in [5.41, 5.74) is -2.22. The lowest BCUT2D eigenvalue weighted by molar-refractivity contribution is -0.385. The molecule has 0 bridgehead atoms. The fourth-order valence-corrected chi connectivity index (χ4v) is 1.39. The molecule has 1 aromatic rings. The zero-order chi connectivity index (χ0) is 16.2. The molecule has 0 fully saturated rings. The van der Waals surface area contributed by atoms with Gasteiger partial charge >= 0.3 is 12.3 Å². The molecule has 0 heterocycles. The van der Waals surface area contributed by atoms with Gasteiger partial charge in [-0.05, 0) is 13.0 Å². The van der Waals surface area contributed by atoms with Gasteiger partial charge in [0.05, 0.1) is 17.6 Å². The lowest BCUT2D eigenvalue weighted by atomic mass is 10.1. The van der Waals surface area contributed by atoms with Gasteiger partial charge in [-0.3, -0.25) is 10.1 Å². The first-order valence-electron chi connectivity index (χ1n) is 5.35. The molecule has 0 N–H and O–H groups in total. The summed E-state index contributed by atoms with van der Waals surface area (Å²) >= 11 is 0. The van der Waals surface area contributed by atoms with E-state index in [1.54, 1.807) is 0 Å². The topological polar surface area (TPSA) is 102 Å². The zero-order valence-corrected chi connectivity index (χ0v) is 10.4. The van der Waals surface area contributed by atoms with E-state index in [-0.39, 0.29) is 6.61 Å². The summed E-state index contributed by atoms with van der Waals surface area (Å²) in [5, 5.41) is 19.5. The van der Waals surface area contributed by atoms with Crippen molar-refractivity contribution in [3.05, 3.63) is 33.4 Å². The van der Waals surface area contributed by atoms with Crippen LogP contribution in [0.1, 0.15) is 22.8 Å². The van der Waals surface area contributed by atoms with Crippen LogP contribution >= 0.6 is 0 Å². The second-order valence-electron chi connectivity index (χ2n) is 3.50. The molecule has 0 saturated carbocycles. The van der Waals surface area contributed by atoms with Crippen molar-refractivity contribution in [2.75, 3.05) is 6.61 Å². The Bertz CT molecular complexity index is 622. The zero-order valence-electron chi connectivity index (χ0n) is 10.4. The number of carbonyl (C=O) groups excluding carboxylic acids is 1. The van der Waals surface area contributed by atoms with E-state index >= 15 is 0 Å². The lowest BCUT2D eigenvalue weighted by Gasteiger charge is -2.12. The van der Waals surface area contributed by atoms with Crippen LogP contribution in [0.15, 0.2) is 12.1 Å². The highest BCUT2D eigenvalue weighted by molar-refractivity contribution is 5.93. The van der Waals surface area contributed by atoms with Crippen LogP contribution in [0.3, 0.4) is 0 Å². The smallest absolute Gasteiger partial charge is 0.462 e. The van der Waals surface area contributed by atoms with Gasteiger partial charge in [0.15, 0.2) is 5.75 Å². The van der Waals surface area contributed by atoms with Crippen molar-refractivity contribution >= 4 is 11.7 Å². The van der Waals surface area contributed by atoms with E-state index in [9.17, 15) is 28.1 Å². The Kier molecular flexibility index (Phi) is 4.70. The molecule has 0 aliphatic carbocycles. The molecule has 21 heavy (non-hydrogen) atoms. The quantitative estimate of drug-likeness (QED) is 0.481. The standard InChI is InChI=1S/C11H7F3N2O5/c1-2-20-10(17)7-3-6(5-15)8(16(18)19)4-9(7)21-11(12,13)14/h3-4H,2H2,1H3. The van der Waals surface area contributed by atoms with E-state index in [0.29, 0.717) is 12.1 Å². The maximum absolute atomic E-state index is 12.3. The molecule has 0 atom stereocenters. The van der Waals surface area contributed by atoms with Crippen molar-refractivity contribution in [2.24, 2.45) is 0 Å². The number of carbonyl (C=O) groups is 1. The third kappa shape index (κ3) is 4.07. The highest BCUT2D eigenvalue weighted by Crippen LogP contribution is 2.33. The number of nitro benzene ring substituents is 1. The molecule has 112 valence electrons. The highest BCUT2D eigenvalue weighted by atomic mass is 19.4. The third-order valence-corrected chi connectivity index (χ3v) is 2.14. The Morgan fingerprint density at radius 3 is 2.52 bits per heavy atom. The minimum Gasteiger partial charge on any atom is -0.462 e. The van der Waals surface area contributed by atoms with Gasteiger partial charge in [0, 0.05) is 0 Å². The summed E-state index contributed by atoms with van der Waals surface area (Å²) in [4.78, 5) is 21.2. The average molecular weight is 304 g/mol. The number of ether oxygens (including phenoxy) is 2. The molecule has 10 heteroatoms. The Hall–Kier alpha value is -2.83. The van der Waals surface area contributed by atoms with Crippen LogP contribution in [0, 0.1) is 21.4 Å². The van der Waals surface area contributed by atoms with E-state index in [0.717, 1.165) is 0 Å². The molecule has 0 saturated heterocycles. The van der Waals surface area contributed by atoms with Gasteiger partial charge in [0.2, 0.25) is 0 Å². The second-order valence-corrected chi connectivity index (χ2v) is 3.50. The van der Waals surface area contributed by atoms with Crippen LogP contribution in [0.5, 0.6) is 5.75 Å². The first-order valence-corrected chi connectivity index (χ1v) is 5.35. The summed E-state index contributed by atoms with van der Waals surface area (Å²) in [6, 6.07) is 2.40. The number of rotatable bonds is 4. The van der Waals surface area contributed by atoms with Gasteiger partial charge in [-0.2, -0.15) is 5.26 Å². The number of nitriles is 1. The normalized spacial score (nSPS) is 10.6. The van der Waals surface area contributed by atoms with Crippen LogP contribution in [0.4, 0.5) is 18.9 Å². The molecule has 1 rings (SSSR count). The second kappa shape index (κ2) is 6.08. The van der Waals surface area contributed by atoms with Crippen LogP contribution < -0.4 is 4.74 Å². The first kappa shape index (κ1) is 16.2. The fourth-order valence-electron chi connectivity index (χ4n) is 1.39. The predicted molar refractivity (Wildman–Crippen MR) is 60.5 cm³/mol. The molecule has 0 unspecified atom stereocenters. The van der Waals surface area contributed by atoms with Crippen molar-refractivity contribution in [2.45, 2.75) is 13.3 Å². The van der Waals surface area contributed by atoms with Crippen LogP contribution in [-0.4, -0.2) is 23.9 Å². The molecule has 0 aromatic heterocycles. The van der Waals surface area contributed by atoms with Gasteiger partial charge < -0.3 is 9.47 Å². The minimum atomic E-state index is -5.16. The highest BCUT2D eigenvalue weighted by Gasteiger charge is 2.35. The number of hydrogen-bond donors (Lipinski definition) is 0. The number of alkyl halides is 3. The van der Waals surface area contributed by atoms with Crippen molar-refractivity contribution in [3.63, 3.8) is 0 Å². The summed E-state index contributed by atoms with van der Waals surface area (Å²) in [7, 11) is 0. The van der Waals surface area contributed by atoms with Gasteiger partial charge in [0.25, 0.3) is 5.69 Å². The maximum atomic E-state index is 12.3. The molecule has 0 radical (unpaired) electrons. The SMILES string of the molecule is CCOC(=O)c1cc(C#N)c([N+](=O)[O-])cc1OC(F)(F)F.